The van der Waals surface area contributed by atoms with Gasteiger partial charge in [-0.3, -0.25) is 4.57 Å². The van der Waals surface area contributed by atoms with E-state index in [1.54, 1.807) is 0 Å². The van der Waals surface area contributed by atoms with E-state index in [2.05, 4.69) is 202 Å². The minimum atomic E-state index is -1.01. The summed E-state index contributed by atoms with van der Waals surface area (Å²) in [5.41, 5.74) is 15.5. The van der Waals surface area contributed by atoms with Crippen molar-refractivity contribution in [3.05, 3.63) is 205 Å². The first-order valence-corrected chi connectivity index (χ1v) is 22.6. The molecular weight excluding hydrogens is 766 g/mol. The fourth-order valence-electron chi connectivity index (χ4n) is 10.4. The lowest BCUT2D eigenvalue weighted by molar-refractivity contribution is -0.510. The molecule has 6 aromatic heterocycles. The molecule has 0 fully saturated rings. The first-order chi connectivity index (χ1) is 30.2. The molecule has 0 saturated carbocycles. The van der Waals surface area contributed by atoms with Crippen LogP contribution >= 0.6 is 7.66 Å². The van der Waals surface area contributed by atoms with Crippen LogP contribution in [0.3, 0.4) is 0 Å². The molecule has 12 aromatic rings. The standard InChI is InChI=1S/C55H40N3O2P/c1-2-40-42-18-12-22-49(40)58(50-23-13-19-43-48-21-9-11-29-57(48)61(55(43)50)56-28-10-8-20-47(42)56)54-27-26-51(60-54)37-24-25-52-45(32-37)46-34-44-39(33-53(46)59-52)31-38(35-14-4-3-5-15-35)30-36-16-6-7-17-41(36)44/h3-29,32-34,38H,2,30-31H2,1H3/q+2. The summed E-state index contributed by atoms with van der Waals surface area (Å²) in [6, 6.07) is 62.0. The van der Waals surface area contributed by atoms with Crippen molar-refractivity contribution in [3.8, 4) is 28.3 Å². The van der Waals surface area contributed by atoms with Crippen molar-refractivity contribution in [2.24, 2.45) is 0 Å². The SMILES string of the molecule is CCc1c2cccc1n(-c1ccc(-c3ccc4oc5cc6c(cc5c4c3)-c3ccccc3CC(c3ccccc3)C6)o1)c1cccc3c4cccc[n+]4p(c31)[n+]1ccccc21. The van der Waals surface area contributed by atoms with Crippen LogP contribution in [0.15, 0.2) is 191 Å². The summed E-state index contributed by atoms with van der Waals surface area (Å²) in [5, 5.41) is 6.03. The second-order valence-electron chi connectivity index (χ2n) is 16.4. The lowest BCUT2D eigenvalue weighted by atomic mass is 9.88. The van der Waals surface area contributed by atoms with E-state index in [4.69, 9.17) is 8.83 Å². The Morgan fingerprint density at radius 3 is 2.11 bits per heavy atom. The van der Waals surface area contributed by atoms with Gasteiger partial charge in [0.2, 0.25) is 16.9 Å². The quantitative estimate of drug-likeness (QED) is 0.178. The van der Waals surface area contributed by atoms with E-state index in [0.29, 0.717) is 5.92 Å². The molecule has 13 rings (SSSR count). The normalized spacial score (nSPS) is 14.4. The molecule has 2 unspecified atom stereocenters. The fraction of sp³-hybridized carbons (Fsp3) is 0.0909. The molecule has 0 saturated heterocycles. The van der Waals surface area contributed by atoms with E-state index < -0.39 is 7.66 Å². The average Bonchev–Trinajstić information content (AvgIpc) is 4.00. The van der Waals surface area contributed by atoms with Gasteiger partial charge in [-0.2, -0.15) is 0 Å². The maximum Gasteiger partial charge on any atom is 0.450 e. The molecule has 2 bridgehead atoms. The van der Waals surface area contributed by atoms with Gasteiger partial charge < -0.3 is 8.83 Å². The highest BCUT2D eigenvalue weighted by Crippen LogP contribution is 2.44. The number of hydrogen-bond donors (Lipinski definition) is 0. The third-order valence-corrected chi connectivity index (χ3v) is 15.5. The van der Waals surface area contributed by atoms with Gasteiger partial charge in [0, 0.05) is 46.7 Å². The number of hydrogen-bond acceptors (Lipinski definition) is 2. The van der Waals surface area contributed by atoms with Crippen molar-refractivity contribution in [1.82, 2.24) is 4.57 Å². The van der Waals surface area contributed by atoms with E-state index in [1.165, 1.54) is 60.3 Å². The zero-order valence-corrected chi connectivity index (χ0v) is 34.5. The van der Waals surface area contributed by atoms with Crippen LogP contribution in [-0.2, 0) is 19.3 Å². The van der Waals surface area contributed by atoms with Crippen LogP contribution in [0.5, 0.6) is 0 Å². The molecule has 0 spiro atoms. The van der Waals surface area contributed by atoms with E-state index in [-0.39, 0.29) is 0 Å². The van der Waals surface area contributed by atoms with Crippen LogP contribution in [0.2, 0.25) is 0 Å². The maximum absolute atomic E-state index is 7.08. The third kappa shape index (κ3) is 5.20. The Labute approximate surface area is 352 Å². The zero-order chi connectivity index (χ0) is 40.2. The molecule has 61 heavy (non-hydrogen) atoms. The second-order valence-corrected chi connectivity index (χ2v) is 18.3. The van der Waals surface area contributed by atoms with Gasteiger partial charge in [-0.15, -0.1) is 8.33 Å². The summed E-state index contributed by atoms with van der Waals surface area (Å²) in [5.74, 6) is 2.00. The Hall–Kier alpha value is -7.20. The number of aromatic nitrogens is 3. The van der Waals surface area contributed by atoms with Crippen LogP contribution < -0.4 is 8.33 Å². The molecule has 0 N–H and O–H groups in total. The van der Waals surface area contributed by atoms with Crippen LogP contribution in [0.25, 0.3) is 88.2 Å². The number of benzene rings is 6. The zero-order valence-electron chi connectivity index (χ0n) is 33.6. The molecule has 0 aliphatic heterocycles. The van der Waals surface area contributed by atoms with Gasteiger partial charge in [-0.1, -0.05) is 73.7 Å². The monoisotopic (exact) mass is 805 g/mol. The van der Waals surface area contributed by atoms with Gasteiger partial charge in [0.05, 0.1) is 21.8 Å². The minimum Gasteiger partial charge on any atom is -0.456 e. The number of aryl methyl sites for hydroxylation is 1. The molecule has 1 aliphatic carbocycles. The Morgan fingerprint density at radius 2 is 1.28 bits per heavy atom. The summed E-state index contributed by atoms with van der Waals surface area (Å²) < 4.78 is 21.1. The summed E-state index contributed by atoms with van der Waals surface area (Å²) in [6.07, 6.45) is 7.34. The van der Waals surface area contributed by atoms with Crippen molar-refractivity contribution in [1.29, 1.82) is 0 Å². The van der Waals surface area contributed by atoms with Crippen molar-refractivity contribution in [2.45, 2.75) is 32.1 Å². The number of fused-ring (bicyclic) bond motifs is 14. The molecule has 0 amide bonds. The van der Waals surface area contributed by atoms with Crippen molar-refractivity contribution >= 4 is 67.6 Å². The summed E-state index contributed by atoms with van der Waals surface area (Å²) in [7, 11) is -1.01. The fourth-order valence-corrected chi connectivity index (χ4v) is 13.0. The van der Waals surface area contributed by atoms with Crippen molar-refractivity contribution in [3.63, 3.8) is 0 Å². The molecule has 0 radical (unpaired) electrons. The average molecular weight is 806 g/mol. The Morgan fingerprint density at radius 1 is 0.557 bits per heavy atom. The Balaban J connectivity index is 1.02. The third-order valence-electron chi connectivity index (χ3n) is 13.1. The number of furan rings is 2. The number of nitrogens with zero attached hydrogens (tertiary/aromatic N) is 3. The van der Waals surface area contributed by atoms with Gasteiger partial charge in [0.15, 0.2) is 17.5 Å². The number of pyridine rings is 2. The predicted octanol–water partition coefficient (Wildman–Crippen LogP) is 13.5. The van der Waals surface area contributed by atoms with Crippen LogP contribution in [-0.4, -0.2) is 4.57 Å². The molecular formula is C55H40N3O2P+2. The number of rotatable bonds is 4. The highest BCUT2D eigenvalue weighted by atomic mass is 31.1. The van der Waals surface area contributed by atoms with E-state index in [0.717, 1.165) is 69.4 Å². The predicted molar refractivity (Wildman–Crippen MR) is 248 cm³/mol. The van der Waals surface area contributed by atoms with E-state index >= 15 is 0 Å². The first-order valence-electron chi connectivity index (χ1n) is 21.3. The molecule has 5 nitrogen and oxygen atoms in total. The van der Waals surface area contributed by atoms with Gasteiger partial charge >= 0.3 is 7.66 Å². The highest BCUT2D eigenvalue weighted by molar-refractivity contribution is 7.38. The van der Waals surface area contributed by atoms with Crippen LogP contribution in [0.1, 0.15) is 35.1 Å². The van der Waals surface area contributed by atoms with Gasteiger partial charge in [-0.05, 0) is 131 Å². The Bertz CT molecular complexity index is 3770. The minimum absolute atomic E-state index is 0.395. The largest absolute Gasteiger partial charge is 0.456 e. The molecule has 1 aliphatic rings. The highest BCUT2D eigenvalue weighted by Gasteiger charge is 2.30. The summed E-state index contributed by atoms with van der Waals surface area (Å²) in [4.78, 5) is 0. The van der Waals surface area contributed by atoms with Crippen LogP contribution in [0.4, 0.5) is 0 Å². The maximum atomic E-state index is 7.08. The summed E-state index contributed by atoms with van der Waals surface area (Å²) in [6.45, 7) is 2.26. The van der Waals surface area contributed by atoms with Crippen molar-refractivity contribution < 1.29 is 17.2 Å². The lowest BCUT2D eigenvalue weighted by Crippen LogP contribution is -2.26. The molecule has 6 heteroatoms. The van der Waals surface area contributed by atoms with Crippen molar-refractivity contribution in [2.75, 3.05) is 0 Å². The van der Waals surface area contributed by atoms with E-state index in [1.807, 2.05) is 0 Å². The molecule has 290 valence electrons. The smallest absolute Gasteiger partial charge is 0.450 e. The second kappa shape index (κ2) is 13.4. The van der Waals surface area contributed by atoms with Gasteiger partial charge in [-0.25, -0.2) is 0 Å². The molecule has 2 atom stereocenters. The molecule has 6 aromatic carbocycles. The topological polar surface area (TPSA) is 39.4 Å². The Kier molecular flexibility index (Phi) is 7.61. The lowest BCUT2D eigenvalue weighted by Gasteiger charge is -2.16. The first kappa shape index (κ1) is 34.6. The van der Waals surface area contributed by atoms with Gasteiger partial charge in [0.1, 0.15) is 16.9 Å². The van der Waals surface area contributed by atoms with Crippen LogP contribution in [0, 0.1) is 0 Å². The summed E-state index contributed by atoms with van der Waals surface area (Å²) >= 11 is 0. The van der Waals surface area contributed by atoms with E-state index in [9.17, 15) is 0 Å². The van der Waals surface area contributed by atoms with Gasteiger partial charge in [0.25, 0.3) is 0 Å². The molecule has 6 heterocycles.